The molecule has 0 spiro atoms. The predicted molar refractivity (Wildman–Crippen MR) is 401 cm³/mol. The lowest BCUT2D eigenvalue weighted by Gasteiger charge is -2.46. The van der Waals surface area contributed by atoms with E-state index in [1.807, 2.05) is 6.08 Å². The van der Waals surface area contributed by atoms with Crippen molar-refractivity contribution < 1.29 is 64.6 Å². The van der Waals surface area contributed by atoms with E-state index < -0.39 is 86.8 Å². The Morgan fingerprint density at radius 1 is 0.381 bits per heavy atom. The first-order valence-corrected chi connectivity index (χ1v) is 39.6. The van der Waals surface area contributed by atoms with Crippen LogP contribution in [0.15, 0.2) is 109 Å². The van der Waals surface area contributed by atoms with Gasteiger partial charge in [-0.25, -0.2) is 0 Å². The summed E-state index contributed by atoms with van der Waals surface area (Å²) in [7, 11) is 0. The van der Waals surface area contributed by atoms with Crippen LogP contribution in [0.3, 0.4) is 0 Å². The molecule has 0 bridgehead atoms. The van der Waals surface area contributed by atoms with E-state index in [0.29, 0.717) is 6.42 Å². The molecule has 2 rings (SSSR count). The van der Waals surface area contributed by atoms with Gasteiger partial charge in [0.25, 0.3) is 0 Å². The van der Waals surface area contributed by atoms with Crippen LogP contribution in [0.1, 0.15) is 316 Å². The van der Waals surface area contributed by atoms with E-state index in [-0.39, 0.29) is 18.9 Å². The summed E-state index contributed by atoms with van der Waals surface area (Å²) in [5.41, 5.74) is 0. The van der Waals surface area contributed by atoms with Crippen LogP contribution in [0.25, 0.3) is 0 Å². The average Bonchev–Trinajstić information content (AvgIpc) is 0.794. The molecule has 12 unspecified atom stereocenters. The second-order valence-corrected chi connectivity index (χ2v) is 27.5. The molecule has 0 aromatic rings. The molecule has 9 N–H and O–H groups in total. The minimum absolute atomic E-state index is 0.242. The first-order chi connectivity index (χ1) is 47.6. The van der Waals surface area contributed by atoms with E-state index >= 15 is 0 Å². The smallest absolute Gasteiger partial charge is 0.220 e. The van der Waals surface area contributed by atoms with Crippen LogP contribution < -0.4 is 5.32 Å². The van der Waals surface area contributed by atoms with Crippen LogP contribution in [0.4, 0.5) is 0 Å². The summed E-state index contributed by atoms with van der Waals surface area (Å²) in [5, 5.41) is 87.7. The maximum absolute atomic E-state index is 13.4. The number of unbranched alkanes of at least 4 members (excludes halogenated alkanes) is 36. The van der Waals surface area contributed by atoms with E-state index in [4.69, 9.17) is 18.9 Å². The zero-order valence-electron chi connectivity index (χ0n) is 61.3. The highest BCUT2D eigenvalue weighted by Crippen LogP contribution is 2.30. The quantitative estimate of drug-likeness (QED) is 0.0204. The maximum atomic E-state index is 13.4. The third-order valence-electron chi connectivity index (χ3n) is 18.7. The fraction of sp³-hybridized carbons (Fsp3) is 0.771. The summed E-state index contributed by atoms with van der Waals surface area (Å²) < 4.78 is 22.9. The number of hydrogen-bond donors (Lipinski definition) is 9. The third kappa shape index (κ3) is 49.0. The number of rotatable bonds is 65. The minimum Gasteiger partial charge on any atom is -0.394 e. The van der Waals surface area contributed by atoms with Gasteiger partial charge < -0.3 is 65.1 Å². The van der Waals surface area contributed by atoms with Gasteiger partial charge >= 0.3 is 0 Å². The highest BCUT2D eigenvalue weighted by molar-refractivity contribution is 5.76. The van der Waals surface area contributed by atoms with Crippen molar-refractivity contribution in [2.45, 2.75) is 389 Å². The lowest BCUT2D eigenvalue weighted by atomic mass is 9.97. The monoisotopic (exact) mass is 1360 g/mol. The topological polar surface area (TPSA) is 228 Å². The maximum Gasteiger partial charge on any atom is 0.220 e. The van der Waals surface area contributed by atoms with E-state index in [0.717, 1.165) is 96.3 Å². The SMILES string of the molecule is CC/C=C\C/C=C\C/C=C\C/C=C\C/C=C\C/C=C\C/C=C\C/C=C\CCCCCCCCCCCCCCC(=O)NC(COC1OC(CO)C(OC2OC(CO)C(O)C(O)C2O)C(O)C1O)C(O)/C=C/CCCCCCCCCCCCCCCCCCCCCCCCCC. The fourth-order valence-corrected chi connectivity index (χ4v) is 12.5. The van der Waals surface area contributed by atoms with Gasteiger partial charge in [0.15, 0.2) is 12.6 Å². The van der Waals surface area contributed by atoms with Crippen molar-refractivity contribution >= 4 is 5.91 Å². The molecule has 2 fully saturated rings. The molecule has 2 heterocycles. The summed E-state index contributed by atoms with van der Waals surface area (Å²) >= 11 is 0. The summed E-state index contributed by atoms with van der Waals surface area (Å²) in [6, 6.07) is -0.924. The fourth-order valence-electron chi connectivity index (χ4n) is 12.5. The molecule has 0 saturated carbocycles. The van der Waals surface area contributed by atoms with Crippen molar-refractivity contribution in [3.63, 3.8) is 0 Å². The molecule has 97 heavy (non-hydrogen) atoms. The van der Waals surface area contributed by atoms with Gasteiger partial charge in [0.2, 0.25) is 5.91 Å². The lowest BCUT2D eigenvalue weighted by molar-refractivity contribution is -0.359. The highest BCUT2D eigenvalue weighted by atomic mass is 16.7. The van der Waals surface area contributed by atoms with Gasteiger partial charge in [-0.1, -0.05) is 335 Å². The van der Waals surface area contributed by atoms with E-state index in [9.17, 15) is 45.6 Å². The van der Waals surface area contributed by atoms with Gasteiger partial charge in [-0.3, -0.25) is 4.79 Å². The number of hydrogen-bond acceptors (Lipinski definition) is 13. The number of aliphatic hydroxyl groups excluding tert-OH is 8. The Kier molecular flexibility index (Phi) is 61.0. The molecular formula is C83H145NO13. The predicted octanol–water partition coefficient (Wildman–Crippen LogP) is 17.9. The number of ether oxygens (including phenoxy) is 4. The van der Waals surface area contributed by atoms with Crippen molar-refractivity contribution in [3.8, 4) is 0 Å². The Balaban J connectivity index is 1.63. The summed E-state index contributed by atoms with van der Waals surface area (Å²) in [6.45, 7) is 2.72. The highest BCUT2D eigenvalue weighted by Gasteiger charge is 2.51. The summed E-state index contributed by atoms with van der Waals surface area (Å²) in [6.07, 6.45) is 78.6. The van der Waals surface area contributed by atoms with Gasteiger partial charge in [0, 0.05) is 6.42 Å². The molecule has 14 heteroatoms. The number of carbonyl (C=O) groups excluding carboxylic acids is 1. The van der Waals surface area contributed by atoms with Gasteiger partial charge in [-0.2, -0.15) is 0 Å². The molecule has 12 atom stereocenters. The summed E-state index contributed by atoms with van der Waals surface area (Å²) in [4.78, 5) is 13.4. The molecule has 0 aliphatic carbocycles. The van der Waals surface area contributed by atoms with E-state index in [1.165, 1.54) is 193 Å². The third-order valence-corrected chi connectivity index (χ3v) is 18.7. The Morgan fingerprint density at radius 2 is 0.711 bits per heavy atom. The van der Waals surface area contributed by atoms with Gasteiger partial charge in [-0.15, -0.1) is 0 Å². The minimum atomic E-state index is -1.79. The number of carbonyl (C=O) groups is 1. The normalized spacial score (nSPS) is 22.7. The molecule has 14 nitrogen and oxygen atoms in total. The van der Waals surface area contributed by atoms with Crippen molar-refractivity contribution in [1.82, 2.24) is 5.32 Å². The first kappa shape index (κ1) is 89.7. The standard InChI is InChI=1S/C83H145NO13/c1-3-5-7-9-11-13-15-17-19-21-23-25-27-29-31-32-33-34-35-36-37-38-39-40-41-43-45-47-49-51-53-55-57-59-61-63-65-67-75(88)84-71(70-94-82-80(93)78(91)81(74(69-86)96-82)97-83-79(92)77(90)76(89)73(68-85)95-83)72(87)66-64-62-60-58-56-54-52-50-48-46-44-42-30-28-26-24-22-20-18-16-14-12-10-8-6-4-2/h5,7,11,13,17,19,23,25,29,31,33-34,36-37,39-40,64,66,71-74,76-83,85-87,89-93H,3-4,6,8-10,12,14-16,18,20-22,24,26-28,30,32,35,38,41-63,65,67-70H2,1-2H3,(H,84,88)/b7-5-,13-11-,19-17-,25-23-,31-29-,34-33-,37-36-,40-39-,66-64+. The van der Waals surface area contributed by atoms with Gasteiger partial charge in [-0.05, 0) is 83.5 Å². The number of nitrogens with one attached hydrogen (secondary N) is 1. The van der Waals surface area contributed by atoms with Crippen molar-refractivity contribution in [1.29, 1.82) is 0 Å². The Hall–Kier alpha value is -3.35. The Morgan fingerprint density at radius 3 is 1.09 bits per heavy atom. The number of amides is 1. The average molecular weight is 1370 g/mol. The summed E-state index contributed by atoms with van der Waals surface area (Å²) in [5.74, 6) is -0.242. The lowest BCUT2D eigenvalue weighted by Crippen LogP contribution is -2.65. The Labute approximate surface area is 591 Å². The largest absolute Gasteiger partial charge is 0.394 e. The number of allylic oxidation sites excluding steroid dienone is 17. The zero-order chi connectivity index (χ0) is 70.1. The van der Waals surface area contributed by atoms with Crippen molar-refractivity contribution in [2.24, 2.45) is 0 Å². The second kappa shape index (κ2) is 65.9. The van der Waals surface area contributed by atoms with Crippen LogP contribution >= 0.6 is 0 Å². The molecular weight excluding hydrogens is 1220 g/mol. The van der Waals surface area contributed by atoms with Crippen molar-refractivity contribution in [2.75, 3.05) is 19.8 Å². The van der Waals surface area contributed by atoms with Crippen LogP contribution in [0.2, 0.25) is 0 Å². The second-order valence-electron chi connectivity index (χ2n) is 27.5. The van der Waals surface area contributed by atoms with E-state index in [1.54, 1.807) is 6.08 Å². The molecule has 1 amide bonds. The van der Waals surface area contributed by atoms with Crippen LogP contribution in [0.5, 0.6) is 0 Å². The first-order valence-electron chi connectivity index (χ1n) is 39.6. The number of aliphatic hydroxyl groups is 8. The van der Waals surface area contributed by atoms with Gasteiger partial charge in [0.1, 0.15) is 48.8 Å². The van der Waals surface area contributed by atoms with Crippen LogP contribution in [-0.2, 0) is 23.7 Å². The molecule has 2 aliphatic heterocycles. The molecule has 2 saturated heterocycles. The van der Waals surface area contributed by atoms with Crippen molar-refractivity contribution in [3.05, 3.63) is 109 Å². The molecule has 560 valence electrons. The molecule has 2 aliphatic rings. The van der Waals surface area contributed by atoms with E-state index in [2.05, 4.69) is 116 Å². The van der Waals surface area contributed by atoms with Crippen LogP contribution in [0, 0.1) is 0 Å². The zero-order valence-corrected chi connectivity index (χ0v) is 61.3. The van der Waals surface area contributed by atoms with Gasteiger partial charge in [0.05, 0.1) is 32.0 Å². The molecule has 0 radical (unpaired) electrons. The Bertz CT molecular complexity index is 2050. The molecule has 0 aromatic carbocycles. The van der Waals surface area contributed by atoms with Crippen LogP contribution in [-0.4, -0.2) is 140 Å². The molecule has 0 aromatic heterocycles.